The summed E-state index contributed by atoms with van der Waals surface area (Å²) >= 11 is 0. The van der Waals surface area contributed by atoms with Gasteiger partial charge in [0.25, 0.3) is 0 Å². The minimum absolute atomic E-state index is 0.187. The van der Waals surface area contributed by atoms with Crippen LogP contribution in [0.3, 0.4) is 0 Å². The first kappa shape index (κ1) is 26.6. The number of hydrogen-bond acceptors (Lipinski definition) is 3. The molecule has 3 heteroatoms. The van der Waals surface area contributed by atoms with Gasteiger partial charge in [-0.05, 0) is 36.0 Å². The molecule has 0 N–H and O–H groups in total. The van der Waals surface area contributed by atoms with Crippen molar-refractivity contribution in [1.82, 2.24) is 0 Å². The van der Waals surface area contributed by atoms with Crippen molar-refractivity contribution < 1.29 is 14.3 Å². The number of ketones is 1. The Morgan fingerprint density at radius 3 is 1.93 bits per heavy atom. The molecule has 0 saturated carbocycles. The standard InChI is InChI=1S/C22H26O3.2C2H6/c1-6-25-21(24)19(20(23)16-12-8-7-11-15(16)2)17-13-9-10-14-18(17)22(3,4)5;2*1-2/h7-14,19H,6H2,1-5H3;2*1-2H3. The molecule has 2 aromatic rings. The number of esters is 1. The van der Waals surface area contributed by atoms with Gasteiger partial charge in [-0.3, -0.25) is 9.59 Å². The second-order valence-corrected chi connectivity index (χ2v) is 7.20. The Balaban J connectivity index is 0.00000184. The van der Waals surface area contributed by atoms with Crippen LogP contribution in [-0.4, -0.2) is 18.4 Å². The van der Waals surface area contributed by atoms with Crippen LogP contribution in [0.4, 0.5) is 0 Å². The van der Waals surface area contributed by atoms with E-state index in [-0.39, 0.29) is 17.8 Å². The van der Waals surface area contributed by atoms with E-state index in [0.717, 1.165) is 16.7 Å². The van der Waals surface area contributed by atoms with E-state index < -0.39 is 11.9 Å². The van der Waals surface area contributed by atoms with Gasteiger partial charge in [-0.2, -0.15) is 0 Å². The van der Waals surface area contributed by atoms with E-state index in [9.17, 15) is 9.59 Å². The average molecular weight is 399 g/mol. The molecular weight excluding hydrogens is 360 g/mol. The summed E-state index contributed by atoms with van der Waals surface area (Å²) in [5, 5.41) is 0. The van der Waals surface area contributed by atoms with Gasteiger partial charge in [0.1, 0.15) is 5.92 Å². The first-order chi connectivity index (χ1) is 13.8. The molecular formula is C26H38O3. The van der Waals surface area contributed by atoms with Crippen molar-refractivity contribution in [3.8, 4) is 0 Å². The molecule has 160 valence electrons. The van der Waals surface area contributed by atoms with Gasteiger partial charge < -0.3 is 4.74 Å². The van der Waals surface area contributed by atoms with Crippen molar-refractivity contribution in [2.75, 3.05) is 6.61 Å². The Morgan fingerprint density at radius 2 is 1.41 bits per heavy atom. The minimum Gasteiger partial charge on any atom is -0.465 e. The zero-order valence-electron chi connectivity index (χ0n) is 19.6. The van der Waals surface area contributed by atoms with Gasteiger partial charge in [0.15, 0.2) is 5.78 Å². The number of hydrogen-bond donors (Lipinski definition) is 0. The van der Waals surface area contributed by atoms with Crippen LogP contribution in [0.1, 0.15) is 88.4 Å². The monoisotopic (exact) mass is 398 g/mol. The van der Waals surface area contributed by atoms with Crippen LogP contribution in [0.25, 0.3) is 0 Å². The molecule has 0 aliphatic rings. The lowest BCUT2D eigenvalue weighted by molar-refractivity contribution is -0.143. The summed E-state index contributed by atoms with van der Waals surface area (Å²) < 4.78 is 5.25. The molecule has 3 nitrogen and oxygen atoms in total. The van der Waals surface area contributed by atoms with Gasteiger partial charge in [-0.25, -0.2) is 0 Å². The molecule has 0 spiro atoms. The fourth-order valence-corrected chi connectivity index (χ4v) is 3.04. The maximum absolute atomic E-state index is 13.3. The molecule has 0 aromatic heterocycles. The van der Waals surface area contributed by atoms with E-state index in [1.165, 1.54) is 0 Å². The summed E-state index contributed by atoms with van der Waals surface area (Å²) in [7, 11) is 0. The van der Waals surface area contributed by atoms with Crippen molar-refractivity contribution in [2.45, 2.75) is 73.6 Å². The van der Waals surface area contributed by atoms with Gasteiger partial charge in [-0.15, -0.1) is 0 Å². The molecule has 0 heterocycles. The summed E-state index contributed by atoms with van der Waals surface area (Å²) in [6.07, 6.45) is 0. The van der Waals surface area contributed by atoms with Crippen LogP contribution >= 0.6 is 0 Å². The number of benzene rings is 2. The third-order valence-electron chi connectivity index (χ3n) is 4.27. The molecule has 0 fully saturated rings. The smallest absolute Gasteiger partial charge is 0.321 e. The van der Waals surface area contributed by atoms with Crippen molar-refractivity contribution in [3.05, 3.63) is 70.8 Å². The highest BCUT2D eigenvalue weighted by Gasteiger charge is 2.35. The highest BCUT2D eigenvalue weighted by Crippen LogP contribution is 2.33. The number of aryl methyl sites for hydroxylation is 1. The van der Waals surface area contributed by atoms with Crippen molar-refractivity contribution in [2.24, 2.45) is 0 Å². The molecule has 2 rings (SSSR count). The van der Waals surface area contributed by atoms with Crippen molar-refractivity contribution in [1.29, 1.82) is 0 Å². The van der Waals surface area contributed by atoms with Crippen LogP contribution in [0.2, 0.25) is 0 Å². The molecule has 1 atom stereocenters. The summed E-state index contributed by atoms with van der Waals surface area (Å²) in [6.45, 7) is 18.1. The Labute approximate surface area is 177 Å². The van der Waals surface area contributed by atoms with Crippen molar-refractivity contribution in [3.63, 3.8) is 0 Å². The Hall–Kier alpha value is -2.42. The quantitative estimate of drug-likeness (QED) is 0.313. The van der Waals surface area contributed by atoms with Crippen LogP contribution in [-0.2, 0) is 14.9 Å². The SMILES string of the molecule is CC.CC.CCOC(=O)C(C(=O)c1ccccc1C)c1ccccc1C(C)(C)C. The van der Waals surface area contributed by atoms with Gasteiger partial charge in [0.05, 0.1) is 6.61 Å². The lowest BCUT2D eigenvalue weighted by Crippen LogP contribution is -2.28. The Bertz CT molecular complexity index is 770. The van der Waals surface area contributed by atoms with Gasteiger partial charge in [-0.1, -0.05) is 97.0 Å². The molecule has 29 heavy (non-hydrogen) atoms. The van der Waals surface area contributed by atoms with E-state index in [2.05, 4.69) is 20.8 Å². The second kappa shape index (κ2) is 12.9. The number of Topliss-reactive ketones (excluding diaryl/α,β-unsaturated/α-hetero) is 1. The number of carbonyl (C=O) groups excluding carboxylic acids is 2. The normalized spacial score (nSPS) is 11.2. The zero-order valence-corrected chi connectivity index (χ0v) is 19.6. The molecule has 0 radical (unpaired) electrons. The molecule has 0 aliphatic carbocycles. The van der Waals surface area contributed by atoms with E-state index in [1.807, 2.05) is 77.1 Å². The Morgan fingerprint density at radius 1 is 0.897 bits per heavy atom. The fourth-order valence-electron chi connectivity index (χ4n) is 3.04. The molecule has 0 amide bonds. The topological polar surface area (TPSA) is 43.4 Å². The van der Waals surface area contributed by atoms with Crippen LogP contribution in [0.15, 0.2) is 48.5 Å². The summed E-state index contributed by atoms with van der Waals surface area (Å²) in [5.74, 6) is -1.66. The largest absolute Gasteiger partial charge is 0.465 e. The maximum atomic E-state index is 13.3. The van der Waals surface area contributed by atoms with E-state index in [1.54, 1.807) is 13.0 Å². The predicted octanol–water partition coefficient (Wildman–Crippen LogP) is 6.87. The highest BCUT2D eigenvalue weighted by molar-refractivity contribution is 6.13. The summed E-state index contributed by atoms with van der Waals surface area (Å²) in [4.78, 5) is 26.0. The van der Waals surface area contributed by atoms with Gasteiger partial charge in [0.2, 0.25) is 0 Å². The second-order valence-electron chi connectivity index (χ2n) is 7.20. The summed E-state index contributed by atoms with van der Waals surface area (Å²) in [6, 6.07) is 15.0. The fraction of sp³-hybridized carbons (Fsp3) is 0.462. The molecule has 0 aliphatic heterocycles. The third kappa shape index (κ3) is 7.16. The van der Waals surface area contributed by atoms with E-state index in [0.29, 0.717) is 5.56 Å². The van der Waals surface area contributed by atoms with E-state index >= 15 is 0 Å². The van der Waals surface area contributed by atoms with Crippen LogP contribution in [0.5, 0.6) is 0 Å². The Kier molecular flexibility index (Phi) is 11.8. The third-order valence-corrected chi connectivity index (χ3v) is 4.27. The first-order valence-corrected chi connectivity index (χ1v) is 10.6. The number of ether oxygens (including phenoxy) is 1. The van der Waals surface area contributed by atoms with E-state index in [4.69, 9.17) is 4.74 Å². The van der Waals surface area contributed by atoms with Crippen LogP contribution < -0.4 is 0 Å². The first-order valence-electron chi connectivity index (χ1n) is 10.6. The van der Waals surface area contributed by atoms with Crippen LogP contribution in [0, 0.1) is 6.92 Å². The lowest BCUT2D eigenvalue weighted by Gasteiger charge is -2.26. The van der Waals surface area contributed by atoms with Gasteiger partial charge >= 0.3 is 5.97 Å². The highest BCUT2D eigenvalue weighted by atomic mass is 16.5. The number of carbonyl (C=O) groups is 2. The maximum Gasteiger partial charge on any atom is 0.321 e. The summed E-state index contributed by atoms with van der Waals surface area (Å²) in [5.41, 5.74) is 2.93. The lowest BCUT2D eigenvalue weighted by atomic mass is 9.78. The molecule has 0 bridgehead atoms. The van der Waals surface area contributed by atoms with Crippen molar-refractivity contribution >= 4 is 11.8 Å². The average Bonchev–Trinajstić information content (AvgIpc) is 2.71. The molecule has 1 unspecified atom stereocenters. The predicted molar refractivity (Wildman–Crippen MR) is 123 cm³/mol. The van der Waals surface area contributed by atoms with Gasteiger partial charge in [0, 0.05) is 5.56 Å². The zero-order chi connectivity index (χ0) is 22.6. The minimum atomic E-state index is -0.948. The molecule has 0 saturated heterocycles. The molecule has 2 aromatic carbocycles. The number of rotatable bonds is 5.